The topological polar surface area (TPSA) is 72.4 Å². The molecule has 0 aromatic carbocycles. The van der Waals surface area contributed by atoms with E-state index in [0.717, 1.165) is 25.7 Å². The van der Waals surface area contributed by atoms with Crippen LogP contribution in [0.2, 0.25) is 0 Å². The third kappa shape index (κ3) is 2.49. The van der Waals surface area contributed by atoms with Crippen LogP contribution in [-0.4, -0.2) is 27.5 Å². The lowest BCUT2D eigenvalue weighted by Gasteiger charge is -2.27. The fourth-order valence-electron chi connectivity index (χ4n) is 2.55. The van der Waals surface area contributed by atoms with E-state index in [1.807, 2.05) is 4.90 Å². The average molecular weight is 340 g/mol. The smallest absolute Gasteiger partial charge is 0.258 e. The van der Waals surface area contributed by atoms with E-state index in [2.05, 4.69) is 26.1 Å². The van der Waals surface area contributed by atoms with Crippen molar-refractivity contribution in [3.63, 3.8) is 0 Å². The first-order valence-corrected chi connectivity index (χ1v) is 7.37. The molecule has 106 valence electrons. The van der Waals surface area contributed by atoms with Gasteiger partial charge in [0.05, 0.1) is 17.9 Å². The number of amides is 1. The standard InChI is InChI=1S/C13H14BrN3O3/c14-11-9(5-7-19-11)13(18)17-6-3-1-2-4-10(17)12-15-8-20-16-12/h5,7-8,10H,1-4,6H2. The van der Waals surface area contributed by atoms with Gasteiger partial charge in [-0.3, -0.25) is 4.79 Å². The highest BCUT2D eigenvalue weighted by Crippen LogP contribution is 2.31. The molecule has 2 aromatic rings. The van der Waals surface area contributed by atoms with Gasteiger partial charge in [0.25, 0.3) is 5.91 Å². The normalized spacial score (nSPS) is 19.9. The van der Waals surface area contributed by atoms with E-state index in [1.165, 1.54) is 12.7 Å². The molecule has 20 heavy (non-hydrogen) atoms. The summed E-state index contributed by atoms with van der Waals surface area (Å²) >= 11 is 3.26. The number of nitrogens with zero attached hydrogens (tertiary/aromatic N) is 3. The fraction of sp³-hybridized carbons (Fsp3) is 0.462. The zero-order valence-corrected chi connectivity index (χ0v) is 12.4. The third-order valence-electron chi connectivity index (χ3n) is 3.54. The molecule has 0 radical (unpaired) electrons. The van der Waals surface area contributed by atoms with Crippen LogP contribution in [0, 0.1) is 0 Å². The van der Waals surface area contributed by atoms with E-state index in [9.17, 15) is 4.79 Å². The summed E-state index contributed by atoms with van der Waals surface area (Å²) in [5, 5.41) is 3.90. The summed E-state index contributed by atoms with van der Waals surface area (Å²) in [5.74, 6) is 0.502. The number of carbonyl (C=O) groups excluding carboxylic acids is 1. The molecular formula is C13H14BrN3O3. The van der Waals surface area contributed by atoms with E-state index in [-0.39, 0.29) is 11.9 Å². The number of rotatable bonds is 2. The Kier molecular flexibility index (Phi) is 3.86. The van der Waals surface area contributed by atoms with Crippen LogP contribution in [0.5, 0.6) is 0 Å². The molecule has 1 saturated heterocycles. The quantitative estimate of drug-likeness (QED) is 0.840. The Morgan fingerprint density at radius 2 is 2.30 bits per heavy atom. The number of aromatic nitrogens is 2. The molecule has 6 nitrogen and oxygen atoms in total. The second-order valence-corrected chi connectivity index (χ2v) is 5.48. The number of likely N-dealkylation sites (tertiary alicyclic amines) is 1. The van der Waals surface area contributed by atoms with Gasteiger partial charge in [-0.15, -0.1) is 0 Å². The summed E-state index contributed by atoms with van der Waals surface area (Å²) in [5.41, 5.74) is 0.528. The van der Waals surface area contributed by atoms with Crippen LogP contribution in [-0.2, 0) is 0 Å². The molecule has 1 atom stereocenters. The van der Waals surface area contributed by atoms with E-state index in [0.29, 0.717) is 22.6 Å². The van der Waals surface area contributed by atoms with Crippen LogP contribution in [0.15, 0.2) is 32.3 Å². The lowest BCUT2D eigenvalue weighted by Crippen LogP contribution is -2.35. The Bertz CT molecular complexity index is 581. The Morgan fingerprint density at radius 1 is 1.40 bits per heavy atom. The van der Waals surface area contributed by atoms with Gasteiger partial charge < -0.3 is 13.8 Å². The lowest BCUT2D eigenvalue weighted by atomic mass is 10.1. The molecule has 1 amide bonds. The van der Waals surface area contributed by atoms with Gasteiger partial charge in [-0.25, -0.2) is 0 Å². The monoisotopic (exact) mass is 339 g/mol. The maximum absolute atomic E-state index is 12.7. The van der Waals surface area contributed by atoms with Crippen LogP contribution in [0.3, 0.4) is 0 Å². The van der Waals surface area contributed by atoms with Crippen molar-refractivity contribution < 1.29 is 13.7 Å². The molecule has 0 aliphatic carbocycles. The molecule has 3 rings (SSSR count). The molecular weight excluding hydrogens is 326 g/mol. The summed E-state index contributed by atoms with van der Waals surface area (Å²) in [4.78, 5) is 18.6. The number of hydrogen-bond acceptors (Lipinski definition) is 5. The van der Waals surface area contributed by atoms with Gasteiger partial charge in [0.2, 0.25) is 6.39 Å². The number of halogens is 1. The largest absolute Gasteiger partial charge is 0.457 e. The predicted octanol–water partition coefficient (Wildman–Crippen LogP) is 3.18. The van der Waals surface area contributed by atoms with Gasteiger partial charge in [0, 0.05) is 6.54 Å². The van der Waals surface area contributed by atoms with Gasteiger partial charge in [-0.1, -0.05) is 18.0 Å². The summed E-state index contributed by atoms with van der Waals surface area (Å²) in [6, 6.07) is 1.54. The first-order valence-electron chi connectivity index (χ1n) is 6.57. The fourth-order valence-corrected chi connectivity index (χ4v) is 2.96. The highest BCUT2D eigenvalue weighted by molar-refractivity contribution is 9.10. The molecule has 1 unspecified atom stereocenters. The van der Waals surface area contributed by atoms with Crippen LogP contribution >= 0.6 is 15.9 Å². The predicted molar refractivity (Wildman–Crippen MR) is 73.0 cm³/mol. The third-order valence-corrected chi connectivity index (χ3v) is 4.15. The summed E-state index contributed by atoms with van der Waals surface area (Å²) in [7, 11) is 0. The van der Waals surface area contributed by atoms with Gasteiger partial charge in [0.15, 0.2) is 10.5 Å². The molecule has 1 fully saturated rings. The van der Waals surface area contributed by atoms with Crippen molar-refractivity contribution in [2.24, 2.45) is 0 Å². The lowest BCUT2D eigenvalue weighted by molar-refractivity contribution is 0.0668. The molecule has 7 heteroatoms. The van der Waals surface area contributed by atoms with Crippen LogP contribution < -0.4 is 0 Å². The Morgan fingerprint density at radius 3 is 3.00 bits per heavy atom. The Balaban J connectivity index is 1.91. The van der Waals surface area contributed by atoms with Gasteiger partial charge in [-0.05, 0) is 34.8 Å². The maximum Gasteiger partial charge on any atom is 0.258 e. The van der Waals surface area contributed by atoms with Crippen molar-refractivity contribution in [3.05, 3.63) is 34.8 Å². The Hall–Kier alpha value is -1.63. The van der Waals surface area contributed by atoms with Crippen molar-refractivity contribution in [2.45, 2.75) is 31.7 Å². The number of furan rings is 1. The van der Waals surface area contributed by atoms with Crippen molar-refractivity contribution in [2.75, 3.05) is 6.54 Å². The van der Waals surface area contributed by atoms with Crippen molar-refractivity contribution in [3.8, 4) is 0 Å². The maximum atomic E-state index is 12.7. The summed E-state index contributed by atoms with van der Waals surface area (Å²) in [6.07, 6.45) is 6.78. The minimum absolute atomic E-state index is 0.0673. The first kappa shape index (κ1) is 13.4. The molecule has 0 spiro atoms. The van der Waals surface area contributed by atoms with Gasteiger partial charge in [-0.2, -0.15) is 4.98 Å². The molecule has 3 heterocycles. The zero-order valence-electron chi connectivity index (χ0n) is 10.8. The van der Waals surface area contributed by atoms with Crippen molar-refractivity contribution in [1.82, 2.24) is 15.0 Å². The van der Waals surface area contributed by atoms with Crippen LogP contribution in [0.1, 0.15) is 47.9 Å². The number of carbonyl (C=O) groups is 1. The van der Waals surface area contributed by atoms with E-state index in [4.69, 9.17) is 8.94 Å². The second-order valence-electron chi connectivity index (χ2n) is 4.76. The minimum Gasteiger partial charge on any atom is -0.457 e. The highest BCUT2D eigenvalue weighted by Gasteiger charge is 2.31. The molecule has 2 aromatic heterocycles. The second kappa shape index (κ2) is 5.78. The van der Waals surface area contributed by atoms with Crippen molar-refractivity contribution in [1.29, 1.82) is 0 Å². The number of hydrogen-bond donors (Lipinski definition) is 0. The molecule has 1 aliphatic rings. The van der Waals surface area contributed by atoms with E-state index < -0.39 is 0 Å². The SMILES string of the molecule is O=C(c1ccoc1Br)N1CCCCCC1c1ncon1. The van der Waals surface area contributed by atoms with E-state index in [1.54, 1.807) is 6.07 Å². The minimum atomic E-state index is -0.134. The van der Waals surface area contributed by atoms with Crippen LogP contribution in [0.25, 0.3) is 0 Å². The molecule has 0 saturated carbocycles. The summed E-state index contributed by atoms with van der Waals surface area (Å²) in [6.45, 7) is 0.690. The van der Waals surface area contributed by atoms with Crippen LogP contribution in [0.4, 0.5) is 0 Å². The Labute approximate surface area is 124 Å². The average Bonchev–Trinajstić information content (AvgIpc) is 3.05. The highest BCUT2D eigenvalue weighted by atomic mass is 79.9. The zero-order chi connectivity index (χ0) is 13.9. The van der Waals surface area contributed by atoms with Crippen molar-refractivity contribution >= 4 is 21.8 Å². The molecule has 1 aliphatic heterocycles. The van der Waals surface area contributed by atoms with Gasteiger partial charge in [0.1, 0.15) is 0 Å². The first-order chi connectivity index (χ1) is 9.77. The van der Waals surface area contributed by atoms with E-state index >= 15 is 0 Å². The van der Waals surface area contributed by atoms with Gasteiger partial charge >= 0.3 is 0 Å². The summed E-state index contributed by atoms with van der Waals surface area (Å²) < 4.78 is 10.4. The molecule has 0 bridgehead atoms. The molecule has 0 N–H and O–H groups in total.